The molecule has 2 rings (SSSR count). The summed E-state index contributed by atoms with van der Waals surface area (Å²) in [5.74, 6) is -0.594. The molecule has 0 heterocycles. The van der Waals surface area contributed by atoms with Gasteiger partial charge in [-0.05, 0) is 42.8 Å². The Balaban J connectivity index is 1.58. The lowest BCUT2D eigenvalue weighted by Gasteiger charge is -2.07. The average molecular weight is 411 g/mol. The number of carbonyl (C=O) groups excluding carboxylic acids is 2. The van der Waals surface area contributed by atoms with E-state index in [0.29, 0.717) is 17.7 Å². The van der Waals surface area contributed by atoms with E-state index >= 15 is 0 Å². The number of carbonyl (C=O) groups is 2. The summed E-state index contributed by atoms with van der Waals surface area (Å²) < 4.78 is 10.7. The van der Waals surface area contributed by atoms with E-state index in [4.69, 9.17) is 9.47 Å². The van der Waals surface area contributed by atoms with E-state index in [2.05, 4.69) is 6.92 Å². The van der Waals surface area contributed by atoms with Crippen LogP contribution in [-0.2, 0) is 4.74 Å². The summed E-state index contributed by atoms with van der Waals surface area (Å²) in [5.41, 5.74) is 0.674. The van der Waals surface area contributed by atoms with Gasteiger partial charge in [-0.3, -0.25) is 0 Å². The van der Waals surface area contributed by atoms with Gasteiger partial charge in [0.2, 0.25) is 0 Å². The summed E-state index contributed by atoms with van der Waals surface area (Å²) in [5, 5.41) is 0. The predicted molar refractivity (Wildman–Crippen MR) is 120 cm³/mol. The van der Waals surface area contributed by atoms with Gasteiger partial charge >= 0.3 is 11.9 Å². The van der Waals surface area contributed by atoms with E-state index in [0.717, 1.165) is 12.2 Å². The van der Waals surface area contributed by atoms with Crippen molar-refractivity contribution in [3.63, 3.8) is 0 Å². The summed E-state index contributed by atoms with van der Waals surface area (Å²) in [7, 11) is 0. The molecular formula is C26H34O4. The third-order valence-corrected chi connectivity index (χ3v) is 5.05. The maximum Gasteiger partial charge on any atom is 0.346 e. The molecule has 0 aliphatic carbocycles. The Hall–Kier alpha value is -2.62. The Labute approximate surface area is 180 Å². The number of esters is 2. The number of hydrogen-bond donors (Lipinski definition) is 0. The van der Waals surface area contributed by atoms with Crippen molar-refractivity contribution in [1.29, 1.82) is 0 Å². The monoisotopic (exact) mass is 410 g/mol. The van der Waals surface area contributed by atoms with Crippen LogP contribution in [0, 0.1) is 0 Å². The van der Waals surface area contributed by atoms with Crippen LogP contribution >= 0.6 is 0 Å². The molecule has 0 fully saturated rings. The Morgan fingerprint density at radius 1 is 0.633 bits per heavy atom. The van der Waals surface area contributed by atoms with Gasteiger partial charge in [-0.2, -0.15) is 0 Å². The topological polar surface area (TPSA) is 52.6 Å². The van der Waals surface area contributed by atoms with Crippen LogP contribution in [0.15, 0.2) is 54.6 Å². The highest BCUT2D eigenvalue weighted by atomic mass is 16.6. The summed E-state index contributed by atoms with van der Waals surface area (Å²) in [4.78, 5) is 24.1. The lowest BCUT2D eigenvalue weighted by Crippen LogP contribution is -2.12. The van der Waals surface area contributed by atoms with Crippen LogP contribution in [-0.4, -0.2) is 18.5 Å². The van der Waals surface area contributed by atoms with E-state index in [1.54, 1.807) is 54.6 Å². The molecule has 0 saturated carbocycles. The van der Waals surface area contributed by atoms with E-state index in [1.807, 2.05) is 0 Å². The Kier molecular flexibility index (Phi) is 11.3. The largest absolute Gasteiger partial charge is 0.494 e. The Bertz CT molecular complexity index is 737. The van der Waals surface area contributed by atoms with Gasteiger partial charge in [0.25, 0.3) is 0 Å². The van der Waals surface area contributed by atoms with Crippen molar-refractivity contribution in [2.45, 2.75) is 71.1 Å². The Morgan fingerprint density at radius 3 is 1.70 bits per heavy atom. The lowest BCUT2D eigenvalue weighted by molar-refractivity contribution is 0.0398. The van der Waals surface area contributed by atoms with Gasteiger partial charge in [0.1, 0.15) is 5.75 Å². The zero-order valence-corrected chi connectivity index (χ0v) is 18.1. The van der Waals surface area contributed by atoms with Crippen molar-refractivity contribution in [3.8, 4) is 5.75 Å². The van der Waals surface area contributed by atoms with E-state index < -0.39 is 11.9 Å². The van der Waals surface area contributed by atoms with Crippen LogP contribution in [0.2, 0.25) is 0 Å². The molecule has 162 valence electrons. The fourth-order valence-corrected chi connectivity index (χ4v) is 3.24. The quantitative estimate of drug-likeness (QED) is 0.191. The minimum absolute atomic E-state index is 0.325. The first kappa shape index (κ1) is 23.7. The maximum absolute atomic E-state index is 12.1. The van der Waals surface area contributed by atoms with Crippen molar-refractivity contribution in [2.24, 2.45) is 0 Å². The molecule has 0 radical (unpaired) electrons. The fourth-order valence-electron chi connectivity index (χ4n) is 3.24. The van der Waals surface area contributed by atoms with Gasteiger partial charge in [-0.25, -0.2) is 9.59 Å². The number of ether oxygens (including phenoxy) is 2. The van der Waals surface area contributed by atoms with Crippen LogP contribution in [0.5, 0.6) is 5.75 Å². The number of benzene rings is 2. The summed E-state index contributed by atoms with van der Waals surface area (Å²) in [6, 6.07) is 15.2. The van der Waals surface area contributed by atoms with E-state index in [-0.39, 0.29) is 0 Å². The zero-order chi connectivity index (χ0) is 21.4. The van der Waals surface area contributed by atoms with Crippen molar-refractivity contribution in [1.82, 2.24) is 0 Å². The summed E-state index contributed by atoms with van der Waals surface area (Å²) in [6.07, 6.45) is 12.9. The first-order chi connectivity index (χ1) is 14.7. The minimum atomic E-state index is -0.662. The highest BCUT2D eigenvalue weighted by molar-refractivity contribution is 6.02. The molecule has 0 aliphatic heterocycles. The summed E-state index contributed by atoms with van der Waals surface area (Å²) in [6.45, 7) is 2.92. The highest BCUT2D eigenvalue weighted by Gasteiger charge is 2.14. The van der Waals surface area contributed by atoms with Crippen molar-refractivity contribution < 1.29 is 19.1 Å². The molecule has 30 heavy (non-hydrogen) atoms. The normalized spacial score (nSPS) is 10.6. The minimum Gasteiger partial charge on any atom is -0.494 e. The molecule has 2 aromatic carbocycles. The molecule has 0 saturated heterocycles. The molecular weight excluding hydrogens is 376 g/mol. The van der Waals surface area contributed by atoms with Gasteiger partial charge in [0.05, 0.1) is 17.7 Å². The van der Waals surface area contributed by atoms with Crippen molar-refractivity contribution in [3.05, 3.63) is 65.7 Å². The van der Waals surface area contributed by atoms with Crippen LogP contribution in [0.1, 0.15) is 91.8 Å². The molecule has 0 aromatic heterocycles. The summed E-state index contributed by atoms with van der Waals surface area (Å²) >= 11 is 0. The average Bonchev–Trinajstić information content (AvgIpc) is 2.78. The van der Waals surface area contributed by atoms with Crippen LogP contribution in [0.25, 0.3) is 0 Å². The third-order valence-electron chi connectivity index (χ3n) is 5.05. The molecule has 4 heteroatoms. The van der Waals surface area contributed by atoms with Crippen LogP contribution in [0.4, 0.5) is 0 Å². The third kappa shape index (κ3) is 9.25. The SMILES string of the molecule is CCCCCCCCCCCCOc1ccc(C(=O)OC(=O)c2ccccc2)cc1. The maximum atomic E-state index is 12.1. The van der Waals surface area contributed by atoms with Gasteiger partial charge in [0, 0.05) is 0 Å². The molecule has 0 amide bonds. The number of hydrogen-bond acceptors (Lipinski definition) is 4. The van der Waals surface area contributed by atoms with E-state index in [1.165, 1.54) is 57.8 Å². The zero-order valence-electron chi connectivity index (χ0n) is 18.1. The van der Waals surface area contributed by atoms with Crippen molar-refractivity contribution >= 4 is 11.9 Å². The molecule has 2 aromatic rings. The van der Waals surface area contributed by atoms with Gasteiger partial charge in [-0.15, -0.1) is 0 Å². The Morgan fingerprint density at radius 2 is 1.13 bits per heavy atom. The second-order valence-electron chi connectivity index (χ2n) is 7.60. The second-order valence-corrected chi connectivity index (χ2v) is 7.60. The molecule has 0 unspecified atom stereocenters. The van der Waals surface area contributed by atoms with Gasteiger partial charge < -0.3 is 9.47 Å². The number of unbranched alkanes of at least 4 members (excludes halogenated alkanes) is 9. The molecule has 0 spiro atoms. The van der Waals surface area contributed by atoms with Crippen LogP contribution in [0.3, 0.4) is 0 Å². The van der Waals surface area contributed by atoms with Gasteiger partial charge in [0.15, 0.2) is 0 Å². The molecule has 0 atom stereocenters. The van der Waals surface area contributed by atoms with Crippen LogP contribution < -0.4 is 4.74 Å². The predicted octanol–water partition coefficient (Wildman–Crippen LogP) is 6.98. The van der Waals surface area contributed by atoms with E-state index in [9.17, 15) is 9.59 Å². The molecule has 0 N–H and O–H groups in total. The first-order valence-corrected chi connectivity index (χ1v) is 11.2. The highest BCUT2D eigenvalue weighted by Crippen LogP contribution is 2.15. The van der Waals surface area contributed by atoms with Crippen molar-refractivity contribution in [2.75, 3.05) is 6.61 Å². The van der Waals surface area contributed by atoms with Gasteiger partial charge in [-0.1, -0.05) is 82.9 Å². The number of rotatable bonds is 14. The second kappa shape index (κ2) is 14.4. The molecule has 0 aliphatic rings. The fraction of sp³-hybridized carbons (Fsp3) is 0.462. The smallest absolute Gasteiger partial charge is 0.346 e. The standard InChI is InChI=1S/C26H34O4/c1-2-3-4-5-6-7-8-9-10-14-21-29-24-19-17-23(18-20-24)26(28)30-25(27)22-15-12-11-13-16-22/h11-13,15-20H,2-10,14,21H2,1H3. The molecule has 0 bridgehead atoms. The lowest BCUT2D eigenvalue weighted by atomic mass is 10.1. The first-order valence-electron chi connectivity index (χ1n) is 11.2. The molecule has 4 nitrogen and oxygen atoms in total.